The maximum absolute atomic E-state index is 5.74. The van der Waals surface area contributed by atoms with Crippen molar-refractivity contribution in [3.05, 3.63) is 72.8 Å². The van der Waals surface area contributed by atoms with Crippen molar-refractivity contribution in [2.75, 3.05) is 0 Å². The van der Waals surface area contributed by atoms with Crippen LogP contribution in [0.25, 0.3) is 89.7 Å². The quantitative estimate of drug-likeness (QED) is 0.108. The zero-order valence-corrected chi connectivity index (χ0v) is 38.6. The summed E-state index contributed by atoms with van der Waals surface area (Å²) in [4.78, 5) is 41.7. The SMILES string of the molecule is [Cu+2].[Na+].[Na+].[Na+].[Na+].[S-]c1ccc2c(c1)-c1nc-2nc2[n-]c(nc3nc(nc4[n-]c(n1)c1ccc([S-])cc41)-c1ccc([S-])cc1-3)c1cccc([S-])c21. The fourth-order valence-corrected chi connectivity index (χ4v) is 6.45. The largest absolute Gasteiger partial charge is 2.00 e. The van der Waals surface area contributed by atoms with E-state index in [4.69, 9.17) is 90.4 Å². The Kier molecular flexibility index (Phi) is 13.8. The van der Waals surface area contributed by atoms with Crippen molar-refractivity contribution in [3.8, 4) is 45.6 Å². The number of aromatic nitrogens is 8. The van der Waals surface area contributed by atoms with Gasteiger partial charge in [0, 0.05) is 44.8 Å². The molecular formula is C32H12CuN8Na4S4. The van der Waals surface area contributed by atoms with Gasteiger partial charge in [-0.2, -0.15) is 19.6 Å². The van der Waals surface area contributed by atoms with E-state index in [1.54, 1.807) is 0 Å². The zero-order chi connectivity index (χ0) is 29.7. The topological polar surface area (TPSA) is 106 Å². The monoisotopic (exact) mass is 791 g/mol. The molecule has 0 spiro atoms. The molecule has 17 heteroatoms. The van der Waals surface area contributed by atoms with E-state index in [9.17, 15) is 0 Å². The number of hydrogen-bond acceptors (Lipinski definition) is 10. The minimum atomic E-state index is 0. The van der Waals surface area contributed by atoms with Crippen molar-refractivity contribution in [1.29, 1.82) is 0 Å². The van der Waals surface area contributed by atoms with Crippen molar-refractivity contribution in [2.24, 2.45) is 0 Å². The summed E-state index contributed by atoms with van der Waals surface area (Å²) in [7, 11) is 0. The van der Waals surface area contributed by atoms with Crippen LogP contribution in [0.2, 0.25) is 0 Å². The van der Waals surface area contributed by atoms with E-state index in [0.717, 1.165) is 38.4 Å². The Labute approximate surface area is 401 Å². The molecule has 0 saturated carbocycles. The molecule has 0 fully saturated rings. The molecule has 0 saturated heterocycles. The molecule has 4 aromatic carbocycles. The van der Waals surface area contributed by atoms with E-state index in [1.807, 2.05) is 72.8 Å². The normalized spacial score (nSPS) is 10.8. The maximum Gasteiger partial charge on any atom is 2.00 e. The molecule has 219 valence electrons. The van der Waals surface area contributed by atoms with Crippen LogP contribution in [0.5, 0.6) is 0 Å². The van der Waals surface area contributed by atoms with Crippen molar-refractivity contribution >= 4 is 94.6 Å². The van der Waals surface area contributed by atoms with Gasteiger partial charge in [-0.3, -0.25) is 0 Å². The Morgan fingerprint density at radius 2 is 0.857 bits per heavy atom. The van der Waals surface area contributed by atoms with Gasteiger partial charge in [-0.25, -0.2) is 9.97 Å². The van der Waals surface area contributed by atoms with Gasteiger partial charge in [0.15, 0.2) is 0 Å². The average molecular weight is 792 g/mol. The summed E-state index contributed by atoms with van der Waals surface area (Å²) in [6.07, 6.45) is 0. The van der Waals surface area contributed by atoms with Gasteiger partial charge in [0.2, 0.25) is 0 Å². The van der Waals surface area contributed by atoms with Gasteiger partial charge >= 0.3 is 135 Å². The van der Waals surface area contributed by atoms with Crippen LogP contribution in [-0.2, 0) is 67.6 Å². The fraction of sp³-hybridized carbons (Fsp3) is 0. The van der Waals surface area contributed by atoms with Gasteiger partial charge in [-0.05, 0) is 21.5 Å². The summed E-state index contributed by atoms with van der Waals surface area (Å²) in [5, 5.41) is 3.00. The van der Waals surface area contributed by atoms with Crippen LogP contribution in [0, 0.1) is 0 Å². The van der Waals surface area contributed by atoms with Crippen molar-refractivity contribution in [3.63, 3.8) is 0 Å². The first-order chi connectivity index (χ1) is 21.4. The minimum Gasteiger partial charge on any atom is -0.780 e. The molecule has 5 heterocycles. The van der Waals surface area contributed by atoms with Crippen LogP contribution >= 0.6 is 0 Å². The maximum atomic E-state index is 5.74. The third kappa shape index (κ3) is 7.29. The van der Waals surface area contributed by atoms with E-state index in [1.165, 1.54) is 0 Å². The average Bonchev–Trinajstić information content (AvgIpc) is 3.72. The van der Waals surface area contributed by atoms with Crippen molar-refractivity contribution < 1.29 is 135 Å². The summed E-state index contributed by atoms with van der Waals surface area (Å²) in [6, 6.07) is 22.5. The van der Waals surface area contributed by atoms with Gasteiger partial charge in [-0.1, -0.05) is 72.8 Å². The van der Waals surface area contributed by atoms with Gasteiger partial charge in [0.1, 0.15) is 0 Å². The Bertz CT molecular complexity index is 2590. The molecule has 2 aliphatic rings. The first-order valence-electron chi connectivity index (χ1n) is 13.4. The molecule has 2 aliphatic heterocycles. The number of nitrogens with zero attached hydrogens (tertiary/aromatic N) is 8. The Balaban J connectivity index is 0.00000108. The fourth-order valence-electron chi connectivity index (χ4n) is 5.62. The molecule has 8 bridgehead atoms. The van der Waals surface area contributed by atoms with Gasteiger partial charge in [0.05, 0.1) is 23.3 Å². The summed E-state index contributed by atoms with van der Waals surface area (Å²) in [5.41, 5.74) is 4.78. The Morgan fingerprint density at radius 1 is 0.408 bits per heavy atom. The molecule has 1 radical (unpaired) electrons. The van der Waals surface area contributed by atoms with Crippen molar-refractivity contribution in [2.45, 2.75) is 19.6 Å². The predicted octanol–water partition coefficient (Wildman–Crippen LogP) is -6.24. The van der Waals surface area contributed by atoms with E-state index in [0.29, 0.717) is 70.9 Å². The van der Waals surface area contributed by atoms with E-state index in [-0.39, 0.29) is 135 Å². The van der Waals surface area contributed by atoms with Crippen LogP contribution in [0.3, 0.4) is 0 Å². The van der Waals surface area contributed by atoms with Crippen LogP contribution in [-0.4, -0.2) is 29.9 Å². The van der Waals surface area contributed by atoms with E-state index in [2.05, 4.69) is 0 Å². The standard InChI is InChI=1S/C32H16N8S4.Cu.4Na/c41-13-4-7-16-20(10-13)29-33-25(16)35-30-22-12-15(43)6-9-18(22)27(37-30)39-32-24-19(2-1-3-23(24)44)28(40-32)38-31-21-11-14(42)5-8-17(21)26(34-29)36-31;;;;;/h1-12H,(H4-2,33,34,35,36,37,38,39,40,41,42,43,44);;;;;/q-2;+2;4*+1/p-4. The molecule has 0 aliphatic carbocycles. The molecule has 8 nitrogen and oxygen atoms in total. The minimum absolute atomic E-state index is 0. The van der Waals surface area contributed by atoms with Crippen LogP contribution in [0.1, 0.15) is 0 Å². The van der Waals surface area contributed by atoms with Crippen LogP contribution in [0.4, 0.5) is 0 Å². The molecular weight excluding hydrogens is 780 g/mol. The van der Waals surface area contributed by atoms with Crippen molar-refractivity contribution in [1.82, 2.24) is 39.9 Å². The second kappa shape index (κ2) is 16.3. The third-order valence-electron chi connectivity index (χ3n) is 7.60. The smallest absolute Gasteiger partial charge is 0.780 e. The van der Waals surface area contributed by atoms with Gasteiger partial charge < -0.3 is 80.4 Å². The summed E-state index contributed by atoms with van der Waals surface area (Å²) in [5.74, 6) is 1.75. The molecule has 49 heavy (non-hydrogen) atoms. The van der Waals surface area contributed by atoms with E-state index < -0.39 is 0 Å². The number of benzene rings is 4. The first kappa shape index (κ1) is 41.4. The summed E-state index contributed by atoms with van der Waals surface area (Å²) < 4.78 is 0. The van der Waals surface area contributed by atoms with E-state index >= 15 is 0 Å². The first-order valence-corrected chi connectivity index (χ1v) is 15.0. The second-order valence-electron chi connectivity index (χ2n) is 10.3. The van der Waals surface area contributed by atoms with Crippen LogP contribution in [0.15, 0.2) is 92.4 Å². The molecule has 3 aromatic heterocycles. The molecule has 9 rings (SSSR count). The predicted molar refractivity (Wildman–Crippen MR) is 177 cm³/mol. The summed E-state index contributed by atoms with van der Waals surface area (Å²) >= 11 is 22.3. The number of fused-ring (bicyclic) bond motifs is 20. The number of hydrogen-bond donors (Lipinski definition) is 0. The van der Waals surface area contributed by atoms with Crippen LogP contribution < -0.4 is 128 Å². The number of rotatable bonds is 0. The molecule has 0 atom stereocenters. The third-order valence-corrected chi connectivity index (χ3v) is 8.71. The molecule has 7 aromatic rings. The van der Waals surface area contributed by atoms with Gasteiger partial charge in [-0.15, -0.1) is 0 Å². The zero-order valence-electron chi connectivity index (χ0n) is 26.4. The molecule has 0 unspecified atom stereocenters. The second-order valence-corrected chi connectivity index (χ2v) is 12.1. The molecule has 0 N–H and O–H groups in total. The Morgan fingerprint density at radius 3 is 1.45 bits per heavy atom. The Hall–Kier alpha value is -0.361. The van der Waals surface area contributed by atoms with Gasteiger partial charge in [0.25, 0.3) is 0 Å². The molecule has 0 amide bonds. The summed E-state index contributed by atoms with van der Waals surface area (Å²) in [6.45, 7) is 0.